The van der Waals surface area contributed by atoms with Crippen LogP contribution in [0.15, 0.2) is 24.3 Å². The number of hydrogen-bond acceptors (Lipinski definition) is 4. The summed E-state index contributed by atoms with van der Waals surface area (Å²) in [6, 6.07) is 8.26. The minimum Gasteiger partial charge on any atom is -0.497 e. The number of benzene rings is 1. The molecule has 3 amide bonds. The highest BCUT2D eigenvalue weighted by atomic mass is 16.5. The second kappa shape index (κ2) is 5.21. The van der Waals surface area contributed by atoms with Gasteiger partial charge in [0.2, 0.25) is 0 Å². The van der Waals surface area contributed by atoms with Crippen molar-refractivity contribution >= 4 is 11.9 Å². The Balaban J connectivity index is 2.42. The summed E-state index contributed by atoms with van der Waals surface area (Å²) in [6.45, 7) is 1.57. The first-order valence-corrected chi connectivity index (χ1v) is 6.24. The molecule has 6 heteroatoms. The van der Waals surface area contributed by atoms with Crippen LogP contribution in [0.25, 0.3) is 0 Å². The number of urea groups is 1. The number of imide groups is 1. The van der Waals surface area contributed by atoms with Crippen LogP contribution in [0.3, 0.4) is 0 Å². The van der Waals surface area contributed by atoms with Crippen molar-refractivity contribution in [3.63, 3.8) is 0 Å². The molecule has 20 heavy (non-hydrogen) atoms. The van der Waals surface area contributed by atoms with Crippen LogP contribution in [0.5, 0.6) is 5.75 Å². The van der Waals surface area contributed by atoms with Crippen molar-refractivity contribution in [3.05, 3.63) is 29.8 Å². The van der Waals surface area contributed by atoms with E-state index < -0.39 is 17.5 Å². The highest BCUT2D eigenvalue weighted by molar-refractivity contribution is 6.07. The summed E-state index contributed by atoms with van der Waals surface area (Å²) in [7, 11) is 1.56. The first-order chi connectivity index (χ1) is 9.58. The van der Waals surface area contributed by atoms with Crippen molar-refractivity contribution in [2.75, 3.05) is 13.7 Å². The fourth-order valence-electron chi connectivity index (χ4n) is 2.36. The van der Waals surface area contributed by atoms with E-state index in [0.717, 1.165) is 4.90 Å². The van der Waals surface area contributed by atoms with Crippen LogP contribution in [-0.2, 0) is 10.3 Å². The SMILES string of the molecule is CC[C@]1(c2ccc(OC)cc2)NC(=O)N(CC#N)C1=O. The van der Waals surface area contributed by atoms with Gasteiger partial charge in [-0.05, 0) is 24.1 Å². The molecule has 104 valence electrons. The van der Waals surface area contributed by atoms with Crippen molar-refractivity contribution in [2.45, 2.75) is 18.9 Å². The minimum atomic E-state index is -1.10. The highest BCUT2D eigenvalue weighted by Crippen LogP contribution is 2.33. The number of hydrogen-bond donors (Lipinski definition) is 1. The van der Waals surface area contributed by atoms with E-state index in [0.29, 0.717) is 17.7 Å². The number of carbonyl (C=O) groups is 2. The van der Waals surface area contributed by atoms with Gasteiger partial charge in [0.05, 0.1) is 13.2 Å². The number of nitrogens with zero attached hydrogens (tertiary/aromatic N) is 2. The molecule has 0 unspecified atom stereocenters. The Hall–Kier alpha value is -2.55. The molecule has 0 aromatic heterocycles. The number of carbonyl (C=O) groups excluding carboxylic acids is 2. The molecule has 0 aliphatic carbocycles. The molecule has 1 aromatic carbocycles. The van der Waals surface area contributed by atoms with Gasteiger partial charge in [0.1, 0.15) is 17.8 Å². The normalized spacial score (nSPS) is 21.6. The second-order valence-electron chi connectivity index (χ2n) is 4.47. The van der Waals surface area contributed by atoms with Crippen LogP contribution in [-0.4, -0.2) is 30.5 Å². The molecular formula is C14H15N3O3. The lowest BCUT2D eigenvalue weighted by molar-refractivity contribution is -0.131. The monoisotopic (exact) mass is 273 g/mol. The molecule has 6 nitrogen and oxygen atoms in total. The van der Waals surface area contributed by atoms with E-state index in [-0.39, 0.29) is 6.54 Å². The van der Waals surface area contributed by atoms with Gasteiger partial charge in [-0.15, -0.1) is 0 Å². The van der Waals surface area contributed by atoms with E-state index in [1.54, 1.807) is 31.4 Å². The molecule has 0 bridgehead atoms. The lowest BCUT2D eigenvalue weighted by Crippen LogP contribution is -2.43. The maximum atomic E-state index is 12.5. The maximum absolute atomic E-state index is 12.5. The number of nitriles is 1. The van der Waals surface area contributed by atoms with Gasteiger partial charge < -0.3 is 10.1 Å². The number of methoxy groups -OCH3 is 1. The highest BCUT2D eigenvalue weighted by Gasteiger charge is 2.51. The zero-order valence-electron chi connectivity index (χ0n) is 11.3. The van der Waals surface area contributed by atoms with Gasteiger partial charge in [0.15, 0.2) is 0 Å². The summed E-state index contributed by atoms with van der Waals surface area (Å²) < 4.78 is 5.08. The van der Waals surface area contributed by atoms with Crippen LogP contribution >= 0.6 is 0 Å². The Morgan fingerprint density at radius 1 is 1.35 bits per heavy atom. The summed E-state index contributed by atoms with van der Waals surface area (Å²) in [5, 5.41) is 11.4. The number of nitrogens with one attached hydrogen (secondary N) is 1. The van der Waals surface area contributed by atoms with Crippen LogP contribution in [0.2, 0.25) is 0 Å². The molecule has 0 radical (unpaired) electrons. The number of amides is 3. The van der Waals surface area contributed by atoms with Crippen LogP contribution in [0, 0.1) is 11.3 Å². The fourth-order valence-corrected chi connectivity index (χ4v) is 2.36. The Morgan fingerprint density at radius 2 is 2.00 bits per heavy atom. The smallest absolute Gasteiger partial charge is 0.326 e. The summed E-state index contributed by atoms with van der Waals surface area (Å²) in [5.74, 6) is 0.280. The molecule has 1 fully saturated rings. The standard InChI is InChI=1S/C14H15N3O3/c1-3-14(10-4-6-11(20-2)7-5-10)12(18)17(9-8-15)13(19)16-14/h4-7H,3,9H2,1-2H3,(H,16,19)/t14-/m1/s1. The largest absolute Gasteiger partial charge is 0.497 e. The zero-order valence-corrected chi connectivity index (χ0v) is 11.3. The minimum absolute atomic E-state index is 0.247. The van der Waals surface area contributed by atoms with Gasteiger partial charge in [-0.3, -0.25) is 4.79 Å². The molecule has 1 aliphatic heterocycles. The molecule has 1 saturated heterocycles. The first kappa shape index (κ1) is 13.9. The van der Waals surface area contributed by atoms with Crippen molar-refractivity contribution in [2.24, 2.45) is 0 Å². The van der Waals surface area contributed by atoms with E-state index in [2.05, 4.69) is 5.32 Å². The fraction of sp³-hybridized carbons (Fsp3) is 0.357. The summed E-state index contributed by atoms with van der Waals surface area (Å²) in [4.78, 5) is 25.3. The molecule has 1 aliphatic rings. The molecule has 0 spiro atoms. The quantitative estimate of drug-likeness (QED) is 0.663. The molecule has 1 heterocycles. The summed E-state index contributed by atoms with van der Waals surface area (Å²) in [6.07, 6.45) is 0.409. The lowest BCUT2D eigenvalue weighted by Gasteiger charge is -2.25. The van der Waals surface area contributed by atoms with Gasteiger partial charge in [-0.2, -0.15) is 5.26 Å². The number of rotatable bonds is 4. The molecule has 1 atom stereocenters. The zero-order chi connectivity index (χ0) is 14.8. The third-order valence-corrected chi connectivity index (χ3v) is 3.52. The van der Waals surface area contributed by atoms with Crippen LogP contribution < -0.4 is 10.1 Å². The van der Waals surface area contributed by atoms with Crippen molar-refractivity contribution in [3.8, 4) is 11.8 Å². The average Bonchev–Trinajstić information content (AvgIpc) is 2.73. The molecular weight excluding hydrogens is 258 g/mol. The van der Waals surface area contributed by atoms with E-state index in [1.165, 1.54) is 0 Å². The van der Waals surface area contributed by atoms with Crippen molar-refractivity contribution in [1.82, 2.24) is 10.2 Å². The Kier molecular flexibility index (Phi) is 3.61. The van der Waals surface area contributed by atoms with Crippen molar-refractivity contribution < 1.29 is 14.3 Å². The molecule has 0 saturated carbocycles. The summed E-state index contributed by atoms with van der Waals surface area (Å²) in [5.41, 5.74) is -0.417. The molecule has 1 N–H and O–H groups in total. The predicted octanol–water partition coefficient (Wildman–Crippen LogP) is 1.38. The molecule has 2 rings (SSSR count). The Bertz CT molecular complexity index is 576. The van der Waals surface area contributed by atoms with Gasteiger partial charge in [0, 0.05) is 0 Å². The predicted molar refractivity (Wildman–Crippen MR) is 70.8 cm³/mol. The van der Waals surface area contributed by atoms with Crippen LogP contribution in [0.1, 0.15) is 18.9 Å². The van der Waals surface area contributed by atoms with Crippen molar-refractivity contribution in [1.29, 1.82) is 5.26 Å². The van der Waals surface area contributed by atoms with Gasteiger partial charge in [-0.25, -0.2) is 9.69 Å². The van der Waals surface area contributed by atoms with E-state index in [9.17, 15) is 9.59 Å². The average molecular weight is 273 g/mol. The Morgan fingerprint density at radius 3 is 2.50 bits per heavy atom. The summed E-state index contributed by atoms with van der Waals surface area (Å²) >= 11 is 0. The lowest BCUT2D eigenvalue weighted by atomic mass is 9.87. The van der Waals surface area contributed by atoms with Gasteiger partial charge in [0.25, 0.3) is 5.91 Å². The van der Waals surface area contributed by atoms with Crippen LogP contribution in [0.4, 0.5) is 4.79 Å². The second-order valence-corrected chi connectivity index (χ2v) is 4.47. The number of ether oxygens (including phenoxy) is 1. The third kappa shape index (κ3) is 1.97. The van der Waals surface area contributed by atoms with Gasteiger partial charge in [-0.1, -0.05) is 19.1 Å². The van der Waals surface area contributed by atoms with E-state index >= 15 is 0 Å². The molecule has 1 aromatic rings. The van der Waals surface area contributed by atoms with Gasteiger partial charge >= 0.3 is 6.03 Å². The van der Waals surface area contributed by atoms with E-state index in [4.69, 9.17) is 10.00 Å². The van der Waals surface area contributed by atoms with E-state index in [1.807, 2.05) is 13.0 Å². The first-order valence-electron chi connectivity index (χ1n) is 6.24. The third-order valence-electron chi connectivity index (χ3n) is 3.52. The topological polar surface area (TPSA) is 82.4 Å². The Labute approximate surface area is 116 Å². The maximum Gasteiger partial charge on any atom is 0.326 e.